The van der Waals surface area contributed by atoms with E-state index in [4.69, 9.17) is 11.6 Å². The Labute approximate surface area is 131 Å². The quantitative estimate of drug-likeness (QED) is 0.700. The first-order chi connectivity index (χ1) is 8.70. The molecule has 0 saturated heterocycles. The molecule has 18 heavy (non-hydrogen) atoms. The Morgan fingerprint density at radius 1 is 1.28 bits per heavy atom. The van der Waals surface area contributed by atoms with E-state index in [0.29, 0.717) is 0 Å². The lowest BCUT2D eigenvalue weighted by molar-refractivity contribution is 0.600. The number of hydrogen-bond acceptors (Lipinski definition) is 2. The molecule has 0 amide bonds. The fourth-order valence-corrected chi connectivity index (χ4v) is 3.37. The van der Waals surface area contributed by atoms with Crippen LogP contribution in [0.3, 0.4) is 0 Å². The van der Waals surface area contributed by atoms with Crippen molar-refractivity contribution in [2.75, 3.05) is 6.54 Å². The topological polar surface area (TPSA) is 12.0 Å². The highest BCUT2D eigenvalue weighted by atomic mass is 127. The van der Waals surface area contributed by atoms with E-state index in [1.54, 1.807) is 11.3 Å². The minimum absolute atomic E-state index is 0.266. The second-order valence-corrected chi connectivity index (χ2v) is 7.36. The summed E-state index contributed by atoms with van der Waals surface area (Å²) in [4.78, 5) is 0. The highest BCUT2D eigenvalue weighted by molar-refractivity contribution is 14.1. The second-order valence-electron chi connectivity index (χ2n) is 4.12. The molecule has 0 aliphatic heterocycles. The maximum Gasteiger partial charge on any atom is 0.0656 e. The van der Waals surface area contributed by atoms with Gasteiger partial charge in [0.25, 0.3) is 0 Å². The molecule has 0 spiro atoms. The van der Waals surface area contributed by atoms with Gasteiger partial charge in [-0.05, 0) is 70.3 Å². The maximum atomic E-state index is 5.95. The highest BCUT2D eigenvalue weighted by Gasteiger charge is 2.14. The Morgan fingerprint density at radius 2 is 2.00 bits per heavy atom. The molecule has 0 aliphatic carbocycles. The standard InChI is InChI=1S/C14H15ClINS/c1-2-7-17-14(11-8-13(16)18-9-11)10-3-5-12(15)6-4-10/h3-6,8-9,14,17H,2,7H2,1H3. The van der Waals surface area contributed by atoms with E-state index in [9.17, 15) is 0 Å². The Hall–Kier alpha value is -0.100. The SMILES string of the molecule is CCCNC(c1ccc(Cl)cc1)c1csc(I)c1. The van der Waals surface area contributed by atoms with Crippen LogP contribution in [0.5, 0.6) is 0 Å². The molecule has 1 N–H and O–H groups in total. The molecular weight excluding hydrogens is 377 g/mol. The van der Waals surface area contributed by atoms with Gasteiger partial charge in [0.1, 0.15) is 0 Å². The van der Waals surface area contributed by atoms with Gasteiger partial charge in [-0.2, -0.15) is 0 Å². The summed E-state index contributed by atoms with van der Waals surface area (Å²) in [5.74, 6) is 0. The number of halogens is 2. The van der Waals surface area contributed by atoms with Crippen molar-refractivity contribution in [3.05, 3.63) is 54.7 Å². The van der Waals surface area contributed by atoms with Crippen molar-refractivity contribution in [3.8, 4) is 0 Å². The number of benzene rings is 1. The molecule has 1 atom stereocenters. The van der Waals surface area contributed by atoms with E-state index < -0.39 is 0 Å². The molecule has 1 unspecified atom stereocenters. The average Bonchev–Trinajstić information content (AvgIpc) is 2.78. The summed E-state index contributed by atoms with van der Waals surface area (Å²) >= 11 is 10.1. The Bertz CT molecular complexity index is 495. The molecule has 0 radical (unpaired) electrons. The van der Waals surface area contributed by atoms with Gasteiger partial charge in [0, 0.05) is 5.02 Å². The van der Waals surface area contributed by atoms with Gasteiger partial charge in [0.05, 0.1) is 8.93 Å². The normalized spacial score (nSPS) is 12.6. The zero-order chi connectivity index (χ0) is 13.0. The van der Waals surface area contributed by atoms with Gasteiger partial charge in [-0.3, -0.25) is 0 Å². The summed E-state index contributed by atoms with van der Waals surface area (Å²) in [6.45, 7) is 3.20. The molecule has 1 aromatic heterocycles. The molecule has 1 heterocycles. The lowest BCUT2D eigenvalue weighted by Crippen LogP contribution is -2.22. The number of rotatable bonds is 5. The molecule has 4 heteroatoms. The molecule has 2 rings (SSSR count). The third-order valence-electron chi connectivity index (χ3n) is 2.72. The van der Waals surface area contributed by atoms with Crippen LogP contribution in [0.25, 0.3) is 0 Å². The van der Waals surface area contributed by atoms with Crippen LogP contribution in [-0.2, 0) is 0 Å². The summed E-state index contributed by atoms with van der Waals surface area (Å²) in [5.41, 5.74) is 2.60. The Balaban J connectivity index is 2.27. The van der Waals surface area contributed by atoms with Crippen molar-refractivity contribution in [2.24, 2.45) is 0 Å². The van der Waals surface area contributed by atoms with E-state index in [1.807, 2.05) is 12.1 Å². The van der Waals surface area contributed by atoms with Crippen molar-refractivity contribution in [1.82, 2.24) is 5.32 Å². The van der Waals surface area contributed by atoms with E-state index in [0.717, 1.165) is 18.0 Å². The summed E-state index contributed by atoms with van der Waals surface area (Å²) in [6.07, 6.45) is 1.13. The van der Waals surface area contributed by atoms with Crippen molar-refractivity contribution in [1.29, 1.82) is 0 Å². The van der Waals surface area contributed by atoms with Crippen LogP contribution in [0, 0.1) is 2.88 Å². The van der Waals surface area contributed by atoms with Crippen LogP contribution < -0.4 is 5.32 Å². The largest absolute Gasteiger partial charge is 0.306 e. The first-order valence-corrected chi connectivity index (χ1v) is 8.27. The van der Waals surface area contributed by atoms with Crippen LogP contribution in [0.4, 0.5) is 0 Å². The van der Waals surface area contributed by atoms with Crippen molar-refractivity contribution in [3.63, 3.8) is 0 Å². The molecule has 0 bridgehead atoms. The smallest absolute Gasteiger partial charge is 0.0656 e. The third kappa shape index (κ3) is 3.70. The molecule has 1 aromatic carbocycles. The predicted octanol–water partition coefficient (Wildman–Crippen LogP) is 5.10. The van der Waals surface area contributed by atoms with E-state index >= 15 is 0 Å². The van der Waals surface area contributed by atoms with E-state index in [2.05, 4.69) is 58.4 Å². The van der Waals surface area contributed by atoms with Crippen LogP contribution in [0.2, 0.25) is 5.02 Å². The summed E-state index contributed by atoms with van der Waals surface area (Å²) in [6, 6.07) is 10.6. The molecule has 0 aliphatic rings. The first-order valence-electron chi connectivity index (χ1n) is 5.93. The summed E-state index contributed by atoms with van der Waals surface area (Å²) < 4.78 is 1.32. The van der Waals surface area contributed by atoms with Gasteiger partial charge in [-0.15, -0.1) is 11.3 Å². The van der Waals surface area contributed by atoms with Gasteiger partial charge in [0.15, 0.2) is 0 Å². The predicted molar refractivity (Wildman–Crippen MR) is 88.6 cm³/mol. The number of nitrogens with one attached hydrogen (secondary N) is 1. The molecular formula is C14H15ClINS. The molecule has 2 aromatic rings. The average molecular weight is 392 g/mol. The van der Waals surface area contributed by atoms with Crippen LogP contribution in [0.15, 0.2) is 35.7 Å². The summed E-state index contributed by atoms with van der Waals surface area (Å²) in [5, 5.41) is 6.61. The molecule has 1 nitrogen and oxygen atoms in total. The number of hydrogen-bond donors (Lipinski definition) is 1. The van der Waals surface area contributed by atoms with E-state index in [1.165, 1.54) is 14.0 Å². The van der Waals surface area contributed by atoms with E-state index in [-0.39, 0.29) is 6.04 Å². The third-order valence-corrected chi connectivity index (χ3v) is 4.78. The van der Waals surface area contributed by atoms with Crippen LogP contribution >= 0.6 is 45.5 Å². The fraction of sp³-hybridized carbons (Fsp3) is 0.286. The van der Waals surface area contributed by atoms with Gasteiger partial charge in [-0.1, -0.05) is 30.7 Å². The second kappa shape index (κ2) is 6.89. The minimum Gasteiger partial charge on any atom is -0.306 e. The van der Waals surface area contributed by atoms with Crippen LogP contribution in [-0.4, -0.2) is 6.54 Å². The fourth-order valence-electron chi connectivity index (χ4n) is 1.85. The molecule has 0 saturated carbocycles. The van der Waals surface area contributed by atoms with Crippen molar-refractivity contribution >= 4 is 45.5 Å². The zero-order valence-corrected chi connectivity index (χ0v) is 13.8. The lowest BCUT2D eigenvalue weighted by Gasteiger charge is -2.18. The lowest BCUT2D eigenvalue weighted by atomic mass is 10.0. The van der Waals surface area contributed by atoms with Crippen LogP contribution in [0.1, 0.15) is 30.5 Å². The van der Waals surface area contributed by atoms with Gasteiger partial charge in [-0.25, -0.2) is 0 Å². The van der Waals surface area contributed by atoms with Crippen molar-refractivity contribution < 1.29 is 0 Å². The Kier molecular flexibility index (Phi) is 5.48. The minimum atomic E-state index is 0.266. The maximum absolute atomic E-state index is 5.95. The monoisotopic (exact) mass is 391 g/mol. The van der Waals surface area contributed by atoms with Crippen molar-refractivity contribution in [2.45, 2.75) is 19.4 Å². The van der Waals surface area contributed by atoms with Gasteiger partial charge >= 0.3 is 0 Å². The molecule has 96 valence electrons. The summed E-state index contributed by atoms with van der Waals surface area (Å²) in [7, 11) is 0. The van der Waals surface area contributed by atoms with Gasteiger partial charge in [0.2, 0.25) is 0 Å². The first kappa shape index (κ1) is 14.3. The highest BCUT2D eigenvalue weighted by Crippen LogP contribution is 2.28. The Morgan fingerprint density at radius 3 is 2.56 bits per heavy atom. The zero-order valence-electron chi connectivity index (χ0n) is 10.1. The molecule has 0 fully saturated rings. The van der Waals surface area contributed by atoms with Gasteiger partial charge < -0.3 is 5.32 Å². The number of thiophene rings is 1.